The highest BCUT2D eigenvalue weighted by atomic mass is 32.1. The van der Waals surface area contributed by atoms with Crippen molar-refractivity contribution < 1.29 is 23.1 Å². The van der Waals surface area contributed by atoms with Crippen LogP contribution in [0.5, 0.6) is 0 Å². The average molecular weight is 547 g/mol. The number of fused-ring (bicyclic) bond motifs is 1. The molecular formula is C26H25F3N4O2S2. The van der Waals surface area contributed by atoms with Gasteiger partial charge in [0.15, 0.2) is 5.13 Å². The van der Waals surface area contributed by atoms with E-state index in [4.69, 9.17) is 4.98 Å². The number of nitrogens with one attached hydrogen (secondary N) is 1. The second-order valence-corrected chi connectivity index (χ2v) is 11.0. The van der Waals surface area contributed by atoms with E-state index in [0.717, 1.165) is 69.7 Å². The maximum atomic E-state index is 12.9. The quantitative estimate of drug-likeness (QED) is 0.296. The van der Waals surface area contributed by atoms with E-state index in [0.29, 0.717) is 13.0 Å². The zero-order chi connectivity index (χ0) is 26.0. The van der Waals surface area contributed by atoms with Gasteiger partial charge >= 0.3 is 12.3 Å². The van der Waals surface area contributed by atoms with Gasteiger partial charge in [-0.2, -0.15) is 13.2 Å². The van der Waals surface area contributed by atoms with Gasteiger partial charge in [-0.15, -0.1) is 11.3 Å². The van der Waals surface area contributed by atoms with Crippen LogP contribution in [0.3, 0.4) is 0 Å². The Kier molecular flexibility index (Phi) is 7.36. The van der Waals surface area contributed by atoms with Crippen LogP contribution in [0.1, 0.15) is 10.4 Å². The van der Waals surface area contributed by atoms with Gasteiger partial charge in [0.25, 0.3) is 0 Å². The lowest BCUT2D eigenvalue weighted by atomic mass is 10.0. The Hall–Kier alpha value is -3.15. The van der Waals surface area contributed by atoms with E-state index in [2.05, 4.69) is 15.1 Å². The first-order chi connectivity index (χ1) is 17.7. The smallest absolute Gasteiger partial charge is 0.416 e. The summed E-state index contributed by atoms with van der Waals surface area (Å²) in [5.41, 5.74) is 1.78. The number of thiazole rings is 1. The van der Waals surface area contributed by atoms with Gasteiger partial charge in [-0.25, -0.2) is 9.78 Å². The second kappa shape index (κ2) is 10.7. The van der Waals surface area contributed by atoms with Crippen LogP contribution in [0, 0.1) is 0 Å². The predicted molar refractivity (Wildman–Crippen MR) is 142 cm³/mol. The molecule has 1 aliphatic heterocycles. The minimum absolute atomic E-state index is 0.172. The molecular weight excluding hydrogens is 521 g/mol. The number of amides is 1. The van der Waals surface area contributed by atoms with Crippen molar-refractivity contribution in [3.05, 3.63) is 70.4 Å². The predicted octanol–water partition coefficient (Wildman–Crippen LogP) is 6.04. The molecule has 0 aliphatic carbocycles. The molecule has 1 fully saturated rings. The van der Waals surface area contributed by atoms with Gasteiger partial charge in [0, 0.05) is 50.1 Å². The van der Waals surface area contributed by atoms with Crippen molar-refractivity contribution in [3.63, 3.8) is 0 Å². The third kappa shape index (κ3) is 6.23. The number of rotatable bonds is 7. The van der Waals surface area contributed by atoms with E-state index in [9.17, 15) is 23.1 Å². The molecule has 4 aromatic rings. The lowest BCUT2D eigenvalue weighted by molar-refractivity contribution is -0.137. The normalized spacial score (nSPS) is 15.7. The molecule has 1 atom stereocenters. The zero-order valence-corrected chi connectivity index (χ0v) is 21.4. The SMILES string of the molecule is O=C(O)NC(Cc1cccs1)CN1CCN(c2nc3ccc(-c4ccc(C(F)(F)F)cc4)cc3s2)CC1. The van der Waals surface area contributed by atoms with Gasteiger partial charge in [0.2, 0.25) is 0 Å². The molecule has 2 aromatic heterocycles. The fraction of sp³-hybridized carbons (Fsp3) is 0.308. The number of nitrogens with zero attached hydrogens (tertiary/aromatic N) is 3. The monoisotopic (exact) mass is 546 g/mol. The van der Waals surface area contributed by atoms with Crippen molar-refractivity contribution >= 4 is 44.1 Å². The third-order valence-electron chi connectivity index (χ3n) is 6.40. The lowest BCUT2D eigenvalue weighted by Gasteiger charge is -2.36. The van der Waals surface area contributed by atoms with Crippen LogP contribution in [0.4, 0.5) is 23.1 Å². The summed E-state index contributed by atoms with van der Waals surface area (Å²) in [7, 11) is 0. The van der Waals surface area contributed by atoms with Gasteiger partial charge in [0.1, 0.15) is 0 Å². The molecule has 1 aliphatic rings. The summed E-state index contributed by atoms with van der Waals surface area (Å²) in [6, 6.07) is 14.8. The Balaban J connectivity index is 1.22. The van der Waals surface area contributed by atoms with Gasteiger partial charge in [0.05, 0.1) is 15.8 Å². The van der Waals surface area contributed by atoms with E-state index < -0.39 is 17.8 Å². The highest BCUT2D eigenvalue weighted by Gasteiger charge is 2.30. The van der Waals surface area contributed by atoms with E-state index in [1.165, 1.54) is 12.1 Å². The number of alkyl halides is 3. The van der Waals surface area contributed by atoms with E-state index in [-0.39, 0.29) is 6.04 Å². The minimum Gasteiger partial charge on any atom is -0.465 e. The molecule has 0 saturated carbocycles. The highest BCUT2D eigenvalue weighted by Crippen LogP contribution is 2.34. The third-order valence-corrected chi connectivity index (χ3v) is 8.38. The summed E-state index contributed by atoms with van der Waals surface area (Å²) in [5.74, 6) is 0. The summed E-state index contributed by atoms with van der Waals surface area (Å²) in [4.78, 5) is 21.7. The maximum absolute atomic E-state index is 12.9. The average Bonchev–Trinajstić information content (AvgIpc) is 3.53. The molecule has 2 N–H and O–H groups in total. The summed E-state index contributed by atoms with van der Waals surface area (Å²) >= 11 is 3.20. The summed E-state index contributed by atoms with van der Waals surface area (Å²) in [6.45, 7) is 3.81. The number of hydrogen-bond donors (Lipinski definition) is 2. The number of hydrogen-bond acceptors (Lipinski definition) is 6. The Labute approximate surface area is 220 Å². The number of aromatic nitrogens is 1. The first-order valence-electron chi connectivity index (χ1n) is 11.8. The summed E-state index contributed by atoms with van der Waals surface area (Å²) in [5, 5.41) is 14.8. The number of halogens is 3. The van der Waals surface area contributed by atoms with E-state index in [1.807, 2.05) is 35.7 Å². The largest absolute Gasteiger partial charge is 0.465 e. The van der Waals surface area contributed by atoms with Crippen LogP contribution in [0.15, 0.2) is 60.0 Å². The number of carbonyl (C=O) groups is 1. The Morgan fingerprint density at radius 3 is 2.43 bits per heavy atom. The van der Waals surface area contributed by atoms with Crippen LogP contribution in [-0.2, 0) is 12.6 Å². The summed E-state index contributed by atoms with van der Waals surface area (Å²) in [6.07, 6.45) is -4.69. The molecule has 37 heavy (non-hydrogen) atoms. The van der Waals surface area contributed by atoms with Crippen molar-refractivity contribution in [2.24, 2.45) is 0 Å². The molecule has 1 unspecified atom stereocenters. The topological polar surface area (TPSA) is 68.7 Å². The molecule has 5 rings (SSSR count). The van der Waals surface area contributed by atoms with Crippen molar-refractivity contribution in [1.29, 1.82) is 0 Å². The van der Waals surface area contributed by atoms with E-state index in [1.54, 1.807) is 22.7 Å². The number of benzene rings is 2. The van der Waals surface area contributed by atoms with Crippen LogP contribution < -0.4 is 10.2 Å². The standard InChI is InChI=1S/C26H25F3N4O2S2/c27-26(28,29)19-6-3-17(4-7-19)18-5-8-22-23(14-18)37-24(31-22)33-11-9-32(10-12-33)16-20(30-25(34)35)15-21-2-1-13-36-21/h1-8,13-14,20,30H,9-12,15-16H2,(H,34,35). The number of piperazine rings is 1. The van der Waals surface area contributed by atoms with Crippen LogP contribution in [-0.4, -0.2) is 59.8 Å². The fourth-order valence-electron chi connectivity index (χ4n) is 4.52. The van der Waals surface area contributed by atoms with Crippen molar-refractivity contribution in [2.45, 2.75) is 18.6 Å². The minimum atomic E-state index is -4.35. The van der Waals surface area contributed by atoms with Crippen molar-refractivity contribution in [2.75, 3.05) is 37.6 Å². The molecule has 0 spiro atoms. The number of thiophene rings is 1. The van der Waals surface area contributed by atoms with Gasteiger partial charge in [-0.1, -0.05) is 35.6 Å². The van der Waals surface area contributed by atoms with Gasteiger partial charge in [-0.3, -0.25) is 4.90 Å². The number of anilines is 1. The first-order valence-corrected chi connectivity index (χ1v) is 13.5. The molecule has 11 heteroatoms. The fourth-order valence-corrected chi connectivity index (χ4v) is 6.36. The molecule has 194 valence electrons. The van der Waals surface area contributed by atoms with E-state index >= 15 is 0 Å². The van der Waals surface area contributed by atoms with Crippen LogP contribution in [0.2, 0.25) is 0 Å². The maximum Gasteiger partial charge on any atom is 0.416 e. The molecule has 1 amide bonds. The molecule has 2 aromatic carbocycles. The lowest BCUT2D eigenvalue weighted by Crippen LogP contribution is -2.52. The zero-order valence-electron chi connectivity index (χ0n) is 19.7. The first kappa shape index (κ1) is 25.5. The number of carboxylic acid groups (broad SMARTS) is 1. The van der Waals surface area contributed by atoms with Crippen LogP contribution in [0.25, 0.3) is 21.3 Å². The molecule has 0 bridgehead atoms. The van der Waals surface area contributed by atoms with Gasteiger partial charge in [-0.05, 0) is 46.8 Å². The van der Waals surface area contributed by atoms with Crippen molar-refractivity contribution in [3.8, 4) is 11.1 Å². The van der Waals surface area contributed by atoms with Crippen LogP contribution >= 0.6 is 22.7 Å². The molecule has 1 saturated heterocycles. The van der Waals surface area contributed by atoms with Crippen molar-refractivity contribution in [1.82, 2.24) is 15.2 Å². The Bertz CT molecular complexity index is 1350. The Morgan fingerprint density at radius 2 is 1.78 bits per heavy atom. The highest BCUT2D eigenvalue weighted by molar-refractivity contribution is 7.22. The van der Waals surface area contributed by atoms with Gasteiger partial charge < -0.3 is 15.3 Å². The molecule has 6 nitrogen and oxygen atoms in total. The Morgan fingerprint density at radius 1 is 1.05 bits per heavy atom. The summed E-state index contributed by atoms with van der Waals surface area (Å²) < 4.78 is 39.6. The molecule has 3 heterocycles. The second-order valence-electron chi connectivity index (χ2n) is 8.97. The molecule has 0 radical (unpaired) electrons.